The van der Waals surface area contributed by atoms with Crippen LogP contribution < -0.4 is 5.32 Å². The SMILES string of the molecule is CCNC(=NCC(C)Cn1cccn1)N1CCC(C)CC1. The van der Waals surface area contributed by atoms with Crippen LogP contribution in [0.2, 0.25) is 0 Å². The van der Waals surface area contributed by atoms with Crippen molar-refractivity contribution in [2.45, 2.75) is 40.2 Å². The fourth-order valence-electron chi connectivity index (χ4n) is 2.67. The van der Waals surface area contributed by atoms with E-state index >= 15 is 0 Å². The summed E-state index contributed by atoms with van der Waals surface area (Å²) in [6, 6.07) is 1.97. The Hall–Kier alpha value is -1.52. The number of rotatable bonds is 5. The molecule has 0 bridgehead atoms. The summed E-state index contributed by atoms with van der Waals surface area (Å²) >= 11 is 0. The third-order valence-corrected chi connectivity index (χ3v) is 4.03. The molecule has 1 unspecified atom stereocenters. The molecule has 1 N–H and O–H groups in total. The summed E-state index contributed by atoms with van der Waals surface area (Å²) < 4.78 is 1.98. The second-order valence-corrected chi connectivity index (χ2v) is 6.20. The van der Waals surface area contributed by atoms with Gasteiger partial charge >= 0.3 is 0 Å². The van der Waals surface area contributed by atoms with Gasteiger partial charge in [0.2, 0.25) is 0 Å². The van der Waals surface area contributed by atoms with E-state index in [4.69, 9.17) is 4.99 Å². The molecule has 0 saturated carbocycles. The minimum atomic E-state index is 0.488. The summed E-state index contributed by atoms with van der Waals surface area (Å²) in [6.07, 6.45) is 6.38. The van der Waals surface area contributed by atoms with Crippen molar-refractivity contribution in [1.29, 1.82) is 0 Å². The van der Waals surface area contributed by atoms with Crippen molar-refractivity contribution in [2.75, 3.05) is 26.2 Å². The van der Waals surface area contributed by atoms with Gasteiger partial charge in [-0.15, -0.1) is 0 Å². The first kappa shape index (κ1) is 15.9. The van der Waals surface area contributed by atoms with Crippen molar-refractivity contribution in [1.82, 2.24) is 20.0 Å². The van der Waals surface area contributed by atoms with Crippen LogP contribution in [0.3, 0.4) is 0 Å². The first-order chi connectivity index (χ1) is 10.2. The third-order valence-electron chi connectivity index (χ3n) is 4.03. The van der Waals surface area contributed by atoms with Crippen LogP contribution >= 0.6 is 0 Å². The number of nitrogens with one attached hydrogen (secondary N) is 1. The summed E-state index contributed by atoms with van der Waals surface area (Å²) in [7, 11) is 0. The summed E-state index contributed by atoms with van der Waals surface area (Å²) in [5.74, 6) is 2.42. The molecule has 1 fully saturated rings. The standard InChI is InChI=1S/C16H29N5/c1-4-17-16(20-10-6-14(2)7-11-20)18-12-15(3)13-21-9-5-8-19-21/h5,8-9,14-15H,4,6-7,10-13H2,1-3H3,(H,17,18). The lowest BCUT2D eigenvalue weighted by molar-refractivity contribution is 0.273. The van der Waals surface area contributed by atoms with E-state index in [0.717, 1.165) is 44.6 Å². The van der Waals surface area contributed by atoms with E-state index in [9.17, 15) is 0 Å². The second-order valence-electron chi connectivity index (χ2n) is 6.20. The van der Waals surface area contributed by atoms with Gasteiger partial charge in [-0.1, -0.05) is 13.8 Å². The zero-order valence-electron chi connectivity index (χ0n) is 13.6. The number of aromatic nitrogens is 2. The van der Waals surface area contributed by atoms with E-state index in [1.54, 1.807) is 0 Å². The molecular weight excluding hydrogens is 262 g/mol. The van der Waals surface area contributed by atoms with E-state index in [1.165, 1.54) is 12.8 Å². The summed E-state index contributed by atoms with van der Waals surface area (Å²) in [4.78, 5) is 7.24. The highest BCUT2D eigenvalue weighted by molar-refractivity contribution is 5.80. The van der Waals surface area contributed by atoms with Crippen LogP contribution in [-0.4, -0.2) is 46.8 Å². The fourth-order valence-corrected chi connectivity index (χ4v) is 2.67. The maximum absolute atomic E-state index is 4.83. The van der Waals surface area contributed by atoms with Crippen LogP contribution in [0, 0.1) is 11.8 Å². The predicted molar refractivity (Wildman–Crippen MR) is 87.3 cm³/mol. The van der Waals surface area contributed by atoms with Crippen LogP contribution in [0.4, 0.5) is 0 Å². The number of piperidine rings is 1. The Balaban J connectivity index is 1.87. The first-order valence-electron chi connectivity index (χ1n) is 8.19. The average Bonchev–Trinajstić information content (AvgIpc) is 2.97. The number of likely N-dealkylation sites (tertiary alicyclic amines) is 1. The Morgan fingerprint density at radius 1 is 1.43 bits per heavy atom. The molecule has 5 nitrogen and oxygen atoms in total. The van der Waals surface area contributed by atoms with Gasteiger partial charge in [-0.25, -0.2) is 0 Å². The van der Waals surface area contributed by atoms with Gasteiger partial charge in [0.1, 0.15) is 0 Å². The van der Waals surface area contributed by atoms with Crippen molar-refractivity contribution in [3.8, 4) is 0 Å². The molecule has 2 heterocycles. The monoisotopic (exact) mass is 291 g/mol. The predicted octanol–water partition coefficient (Wildman–Crippen LogP) is 2.22. The zero-order valence-corrected chi connectivity index (χ0v) is 13.6. The molecule has 0 radical (unpaired) electrons. The van der Waals surface area contributed by atoms with Crippen LogP contribution in [0.5, 0.6) is 0 Å². The van der Waals surface area contributed by atoms with Crippen LogP contribution in [0.25, 0.3) is 0 Å². The van der Waals surface area contributed by atoms with E-state index in [-0.39, 0.29) is 0 Å². The number of hydrogen-bond acceptors (Lipinski definition) is 2. The molecule has 1 aromatic rings. The highest BCUT2D eigenvalue weighted by Gasteiger charge is 2.18. The largest absolute Gasteiger partial charge is 0.357 e. The van der Waals surface area contributed by atoms with Gasteiger partial charge in [0.25, 0.3) is 0 Å². The number of hydrogen-bond donors (Lipinski definition) is 1. The molecule has 0 aliphatic carbocycles. The lowest BCUT2D eigenvalue weighted by Gasteiger charge is -2.33. The van der Waals surface area contributed by atoms with Gasteiger partial charge in [0.15, 0.2) is 5.96 Å². The van der Waals surface area contributed by atoms with Gasteiger partial charge in [-0.3, -0.25) is 9.67 Å². The Labute approximate surface area is 128 Å². The summed E-state index contributed by atoms with van der Waals surface area (Å²) in [5.41, 5.74) is 0. The summed E-state index contributed by atoms with van der Waals surface area (Å²) in [5, 5.41) is 7.69. The second kappa shape index (κ2) is 8.05. The van der Waals surface area contributed by atoms with Crippen molar-refractivity contribution in [3.05, 3.63) is 18.5 Å². The number of aliphatic imine (C=N–C) groups is 1. The van der Waals surface area contributed by atoms with Gasteiger partial charge in [-0.05, 0) is 37.7 Å². The van der Waals surface area contributed by atoms with Gasteiger partial charge in [0.05, 0.1) is 0 Å². The van der Waals surface area contributed by atoms with Crippen LogP contribution in [0.1, 0.15) is 33.6 Å². The van der Waals surface area contributed by atoms with E-state index < -0.39 is 0 Å². The maximum atomic E-state index is 4.83. The first-order valence-corrected chi connectivity index (χ1v) is 8.19. The lowest BCUT2D eigenvalue weighted by atomic mass is 9.99. The number of guanidine groups is 1. The Morgan fingerprint density at radius 2 is 2.19 bits per heavy atom. The van der Waals surface area contributed by atoms with Crippen molar-refractivity contribution in [3.63, 3.8) is 0 Å². The topological polar surface area (TPSA) is 45.5 Å². The molecule has 1 aliphatic rings. The highest BCUT2D eigenvalue weighted by atomic mass is 15.3. The Morgan fingerprint density at radius 3 is 2.81 bits per heavy atom. The minimum Gasteiger partial charge on any atom is -0.357 e. The van der Waals surface area contributed by atoms with Gasteiger partial charge < -0.3 is 10.2 Å². The summed E-state index contributed by atoms with van der Waals surface area (Å²) in [6.45, 7) is 11.6. The molecular formula is C16H29N5. The van der Waals surface area contributed by atoms with Crippen LogP contribution in [-0.2, 0) is 6.54 Å². The molecule has 0 spiro atoms. The smallest absolute Gasteiger partial charge is 0.193 e. The molecule has 21 heavy (non-hydrogen) atoms. The van der Waals surface area contributed by atoms with Gasteiger partial charge in [-0.2, -0.15) is 5.10 Å². The Kier molecular flexibility index (Phi) is 6.08. The molecule has 1 saturated heterocycles. The number of nitrogens with zero attached hydrogens (tertiary/aromatic N) is 4. The molecule has 118 valence electrons. The molecule has 2 rings (SSSR count). The van der Waals surface area contributed by atoms with E-state index in [1.807, 2.05) is 23.1 Å². The third kappa shape index (κ3) is 5.06. The molecule has 0 aromatic carbocycles. The Bertz CT molecular complexity index is 418. The zero-order chi connectivity index (χ0) is 15.1. The van der Waals surface area contributed by atoms with Crippen molar-refractivity contribution >= 4 is 5.96 Å². The lowest BCUT2D eigenvalue weighted by Crippen LogP contribution is -2.45. The van der Waals surface area contributed by atoms with E-state index in [0.29, 0.717) is 5.92 Å². The maximum Gasteiger partial charge on any atom is 0.193 e. The van der Waals surface area contributed by atoms with Crippen molar-refractivity contribution in [2.24, 2.45) is 16.8 Å². The van der Waals surface area contributed by atoms with Gasteiger partial charge in [0, 0.05) is 45.1 Å². The van der Waals surface area contributed by atoms with Crippen LogP contribution in [0.15, 0.2) is 23.5 Å². The molecule has 0 amide bonds. The highest BCUT2D eigenvalue weighted by Crippen LogP contribution is 2.16. The fraction of sp³-hybridized carbons (Fsp3) is 0.750. The average molecular weight is 291 g/mol. The molecule has 1 aliphatic heterocycles. The van der Waals surface area contributed by atoms with E-state index in [2.05, 4.69) is 36.1 Å². The molecule has 5 heteroatoms. The normalized spacial score (nSPS) is 18.8. The molecule has 1 aromatic heterocycles. The minimum absolute atomic E-state index is 0.488. The quantitative estimate of drug-likeness (QED) is 0.668. The molecule has 1 atom stereocenters. The van der Waals surface area contributed by atoms with Crippen molar-refractivity contribution < 1.29 is 0 Å².